The Morgan fingerprint density at radius 3 is 2.58 bits per heavy atom. The minimum atomic E-state index is 0.644. The summed E-state index contributed by atoms with van der Waals surface area (Å²) in [5.41, 5.74) is 2.26. The van der Waals surface area contributed by atoms with Crippen molar-refractivity contribution in [1.82, 2.24) is 25.2 Å². The van der Waals surface area contributed by atoms with Gasteiger partial charge in [-0.25, -0.2) is 9.98 Å². The fourth-order valence-corrected chi connectivity index (χ4v) is 2.51. The summed E-state index contributed by atoms with van der Waals surface area (Å²) >= 11 is 0. The Kier molecular flexibility index (Phi) is 6.78. The van der Waals surface area contributed by atoms with Gasteiger partial charge in [-0.3, -0.25) is 4.98 Å². The van der Waals surface area contributed by atoms with Gasteiger partial charge in [-0.1, -0.05) is 36.4 Å². The van der Waals surface area contributed by atoms with Crippen LogP contribution in [0.25, 0.3) is 0 Å². The van der Waals surface area contributed by atoms with Crippen LogP contribution in [-0.2, 0) is 19.5 Å². The van der Waals surface area contributed by atoms with Gasteiger partial charge in [0, 0.05) is 50.3 Å². The Labute approximate surface area is 154 Å². The van der Waals surface area contributed by atoms with E-state index in [1.165, 1.54) is 5.56 Å². The van der Waals surface area contributed by atoms with Crippen LogP contribution < -0.4 is 10.6 Å². The molecule has 0 amide bonds. The van der Waals surface area contributed by atoms with Gasteiger partial charge >= 0.3 is 0 Å². The van der Waals surface area contributed by atoms with Crippen molar-refractivity contribution >= 4 is 5.96 Å². The molecule has 0 atom stereocenters. The molecule has 0 saturated carbocycles. The Balaban J connectivity index is 1.52. The highest BCUT2D eigenvalue weighted by molar-refractivity contribution is 5.79. The Hall–Kier alpha value is -3.15. The van der Waals surface area contributed by atoms with Crippen LogP contribution in [0.4, 0.5) is 0 Å². The van der Waals surface area contributed by atoms with E-state index < -0.39 is 0 Å². The molecule has 6 heteroatoms. The maximum Gasteiger partial charge on any atom is 0.191 e. The van der Waals surface area contributed by atoms with Crippen LogP contribution in [0.1, 0.15) is 11.3 Å². The molecular formula is C20H24N6. The summed E-state index contributed by atoms with van der Waals surface area (Å²) < 4.78 is 2.04. The maximum absolute atomic E-state index is 4.69. The monoisotopic (exact) mass is 348 g/mol. The molecule has 134 valence electrons. The zero-order valence-electron chi connectivity index (χ0n) is 14.8. The number of aliphatic imine (C=N–C) groups is 1. The number of benzene rings is 1. The number of guanidine groups is 1. The van der Waals surface area contributed by atoms with Gasteiger partial charge in [-0.2, -0.15) is 0 Å². The molecule has 26 heavy (non-hydrogen) atoms. The summed E-state index contributed by atoms with van der Waals surface area (Å²) in [6, 6.07) is 16.2. The zero-order chi connectivity index (χ0) is 17.9. The van der Waals surface area contributed by atoms with E-state index in [2.05, 4.69) is 32.7 Å². The number of aromatic nitrogens is 3. The van der Waals surface area contributed by atoms with Gasteiger partial charge in [0.15, 0.2) is 5.96 Å². The molecular weight excluding hydrogens is 324 g/mol. The zero-order valence-corrected chi connectivity index (χ0v) is 14.8. The van der Waals surface area contributed by atoms with E-state index in [9.17, 15) is 0 Å². The minimum absolute atomic E-state index is 0.644. The number of nitrogens with one attached hydrogen (secondary N) is 2. The number of hydrogen-bond acceptors (Lipinski definition) is 3. The van der Waals surface area contributed by atoms with Crippen LogP contribution in [0.5, 0.6) is 0 Å². The molecule has 3 aromatic rings. The lowest BCUT2D eigenvalue weighted by molar-refractivity contribution is 0.659. The topological polar surface area (TPSA) is 67.1 Å². The van der Waals surface area contributed by atoms with Crippen molar-refractivity contribution in [3.8, 4) is 0 Å². The van der Waals surface area contributed by atoms with Gasteiger partial charge in [0.2, 0.25) is 0 Å². The first-order chi connectivity index (χ1) is 12.9. The Morgan fingerprint density at radius 2 is 1.81 bits per heavy atom. The standard InChI is InChI=1S/C20H24N6/c1-2-6-18(7-3-1)16-25-20(24-13-15-26-14-12-21-17-26)23-11-9-19-8-4-5-10-22-19/h1-8,10,12,14,17H,9,11,13,15-16H2,(H2,23,24,25). The molecule has 0 aliphatic rings. The summed E-state index contributed by atoms with van der Waals surface area (Å²) in [5, 5.41) is 6.78. The second kappa shape index (κ2) is 9.98. The third-order valence-corrected chi connectivity index (χ3v) is 3.88. The Bertz CT molecular complexity index is 769. The predicted octanol–water partition coefficient (Wildman–Crippen LogP) is 2.26. The number of pyridine rings is 1. The minimum Gasteiger partial charge on any atom is -0.356 e. The predicted molar refractivity (Wildman–Crippen MR) is 104 cm³/mol. The molecule has 2 N–H and O–H groups in total. The lowest BCUT2D eigenvalue weighted by atomic mass is 10.2. The molecule has 6 nitrogen and oxygen atoms in total. The average molecular weight is 348 g/mol. The molecule has 0 fully saturated rings. The number of imidazole rings is 1. The fraction of sp³-hybridized carbons (Fsp3) is 0.250. The van der Waals surface area contributed by atoms with Crippen molar-refractivity contribution in [2.45, 2.75) is 19.5 Å². The second-order valence-corrected chi connectivity index (χ2v) is 5.88. The van der Waals surface area contributed by atoms with Gasteiger partial charge in [-0.15, -0.1) is 0 Å². The van der Waals surface area contributed by atoms with Crippen molar-refractivity contribution in [3.63, 3.8) is 0 Å². The number of hydrogen-bond donors (Lipinski definition) is 2. The smallest absolute Gasteiger partial charge is 0.191 e. The molecule has 1 aromatic carbocycles. The first kappa shape index (κ1) is 17.7. The van der Waals surface area contributed by atoms with E-state index >= 15 is 0 Å². The molecule has 0 bridgehead atoms. The average Bonchev–Trinajstić information content (AvgIpc) is 3.21. The van der Waals surface area contributed by atoms with Crippen molar-refractivity contribution in [2.24, 2.45) is 4.99 Å². The highest BCUT2D eigenvalue weighted by Crippen LogP contribution is 2.00. The van der Waals surface area contributed by atoms with E-state index in [4.69, 9.17) is 4.99 Å². The molecule has 0 aliphatic heterocycles. The SMILES string of the molecule is c1ccc(CN=C(NCCc2ccccn2)NCCn2ccnc2)cc1. The quantitative estimate of drug-likeness (QED) is 0.484. The summed E-state index contributed by atoms with van der Waals surface area (Å²) in [6.45, 7) is 3.04. The van der Waals surface area contributed by atoms with E-state index in [0.29, 0.717) is 6.54 Å². The highest BCUT2D eigenvalue weighted by atomic mass is 15.2. The number of nitrogens with zero attached hydrogens (tertiary/aromatic N) is 4. The van der Waals surface area contributed by atoms with E-state index in [0.717, 1.165) is 37.7 Å². The third-order valence-electron chi connectivity index (χ3n) is 3.88. The number of rotatable bonds is 8. The van der Waals surface area contributed by atoms with Gasteiger partial charge in [0.1, 0.15) is 0 Å². The van der Waals surface area contributed by atoms with Gasteiger partial charge in [-0.05, 0) is 17.7 Å². The van der Waals surface area contributed by atoms with Crippen LogP contribution in [0, 0.1) is 0 Å². The van der Waals surface area contributed by atoms with Crippen molar-refractivity contribution < 1.29 is 0 Å². The molecule has 0 radical (unpaired) electrons. The van der Waals surface area contributed by atoms with Crippen LogP contribution in [0.15, 0.2) is 78.4 Å². The summed E-state index contributed by atoms with van der Waals surface area (Å²) in [7, 11) is 0. The molecule has 3 rings (SSSR count). The molecule has 0 spiro atoms. The molecule has 2 heterocycles. The lowest BCUT2D eigenvalue weighted by Gasteiger charge is -2.13. The largest absolute Gasteiger partial charge is 0.356 e. The van der Waals surface area contributed by atoms with Crippen LogP contribution in [0.3, 0.4) is 0 Å². The molecule has 2 aromatic heterocycles. The fourth-order valence-electron chi connectivity index (χ4n) is 2.51. The summed E-state index contributed by atoms with van der Waals surface area (Å²) in [5.74, 6) is 0.810. The first-order valence-corrected chi connectivity index (χ1v) is 8.82. The van der Waals surface area contributed by atoms with Gasteiger partial charge in [0.25, 0.3) is 0 Å². The van der Waals surface area contributed by atoms with E-state index in [-0.39, 0.29) is 0 Å². The lowest BCUT2D eigenvalue weighted by Crippen LogP contribution is -2.40. The third kappa shape index (κ3) is 6.05. The molecule has 0 saturated heterocycles. The van der Waals surface area contributed by atoms with Crippen molar-refractivity contribution in [2.75, 3.05) is 13.1 Å². The van der Waals surface area contributed by atoms with Crippen molar-refractivity contribution in [3.05, 3.63) is 84.7 Å². The first-order valence-electron chi connectivity index (χ1n) is 8.82. The normalized spacial score (nSPS) is 11.3. The van der Waals surface area contributed by atoms with Crippen LogP contribution in [0.2, 0.25) is 0 Å². The van der Waals surface area contributed by atoms with E-state index in [1.54, 1.807) is 6.20 Å². The van der Waals surface area contributed by atoms with Crippen LogP contribution >= 0.6 is 0 Å². The molecule has 0 unspecified atom stereocenters. The second-order valence-electron chi connectivity index (χ2n) is 5.88. The van der Waals surface area contributed by atoms with Crippen molar-refractivity contribution in [1.29, 1.82) is 0 Å². The van der Waals surface area contributed by atoms with Gasteiger partial charge in [0.05, 0.1) is 12.9 Å². The highest BCUT2D eigenvalue weighted by Gasteiger charge is 2.00. The maximum atomic E-state index is 4.69. The van der Waals surface area contributed by atoms with Gasteiger partial charge < -0.3 is 15.2 Å². The van der Waals surface area contributed by atoms with Crippen LogP contribution in [-0.4, -0.2) is 33.6 Å². The Morgan fingerprint density at radius 1 is 0.962 bits per heavy atom. The van der Waals surface area contributed by atoms with E-state index in [1.807, 2.05) is 59.7 Å². The summed E-state index contributed by atoms with van der Waals surface area (Å²) in [6.07, 6.45) is 8.24. The summed E-state index contributed by atoms with van der Waals surface area (Å²) in [4.78, 5) is 13.1. The molecule has 0 aliphatic carbocycles.